The molecule has 0 rings (SSSR count). The van der Waals surface area contributed by atoms with Gasteiger partial charge >= 0.3 is 0 Å². The summed E-state index contributed by atoms with van der Waals surface area (Å²) in [6.45, 7) is 3.24. The molecule has 0 fully saturated rings. The van der Waals surface area contributed by atoms with Gasteiger partial charge in [0, 0.05) is 19.6 Å². The zero-order valence-corrected chi connectivity index (χ0v) is 27.2. The summed E-state index contributed by atoms with van der Waals surface area (Å²) in [5.74, 6) is 0.258. The number of hydrogen-bond acceptors (Lipinski definition) is 3. The van der Waals surface area contributed by atoms with E-state index >= 15 is 0 Å². The van der Waals surface area contributed by atoms with Gasteiger partial charge in [-0.3, -0.25) is 4.79 Å². The van der Waals surface area contributed by atoms with Gasteiger partial charge in [-0.05, 0) is 25.7 Å². The summed E-state index contributed by atoms with van der Waals surface area (Å²) in [7, 11) is 0. The van der Waals surface area contributed by atoms with Crippen molar-refractivity contribution in [1.82, 2.24) is 5.32 Å². The number of unbranched alkanes of at least 4 members (excludes halogenated alkanes) is 26. The minimum absolute atomic E-state index is 0.0962. The van der Waals surface area contributed by atoms with Crippen molar-refractivity contribution in [2.45, 2.75) is 212 Å². The normalized spacial score (nSPS) is 12.2. The molecule has 0 aliphatic heterocycles. The molecule has 0 aromatic carbocycles. The molecule has 40 heavy (non-hydrogen) atoms. The van der Waals surface area contributed by atoms with Gasteiger partial charge in [0.15, 0.2) is 0 Å². The topological polar surface area (TPSA) is 69.6 Å². The zero-order valence-electron chi connectivity index (χ0n) is 27.2. The molecule has 3 N–H and O–H groups in total. The molecule has 1 unspecified atom stereocenters. The lowest BCUT2D eigenvalue weighted by atomic mass is 10.0. The molecule has 0 saturated carbocycles. The van der Waals surface area contributed by atoms with E-state index in [0.29, 0.717) is 12.8 Å². The fourth-order valence-corrected chi connectivity index (χ4v) is 5.72. The van der Waals surface area contributed by atoms with Crippen LogP contribution in [0.5, 0.6) is 0 Å². The first-order valence-electron chi connectivity index (χ1n) is 18.3. The summed E-state index contributed by atoms with van der Waals surface area (Å²) < 4.78 is 0. The first-order chi connectivity index (χ1) is 19.7. The second-order valence-corrected chi connectivity index (χ2v) is 12.6. The molecule has 0 heterocycles. The first kappa shape index (κ1) is 39.4. The Hall–Kier alpha value is -0.610. The highest BCUT2D eigenvalue weighted by molar-refractivity contribution is 5.75. The average Bonchev–Trinajstić information content (AvgIpc) is 2.95. The molecule has 0 aliphatic carbocycles. The SMILES string of the molecule is CCCCCCCCCCCCCCCCCC(=O)NCCCCCCCCCCCCCCCC(O)CCO. The van der Waals surface area contributed by atoms with E-state index in [-0.39, 0.29) is 18.6 Å². The van der Waals surface area contributed by atoms with Gasteiger partial charge in [-0.25, -0.2) is 0 Å². The Balaban J connectivity index is 3.16. The Morgan fingerprint density at radius 1 is 0.500 bits per heavy atom. The fourth-order valence-electron chi connectivity index (χ4n) is 5.72. The molecule has 0 aromatic rings. The van der Waals surface area contributed by atoms with Gasteiger partial charge in [-0.2, -0.15) is 0 Å². The predicted octanol–water partition coefficient (Wildman–Crippen LogP) is 10.6. The van der Waals surface area contributed by atoms with Gasteiger partial charge in [-0.1, -0.05) is 174 Å². The third-order valence-corrected chi connectivity index (χ3v) is 8.51. The molecule has 0 aromatic heterocycles. The molecule has 0 radical (unpaired) electrons. The molecule has 4 nitrogen and oxygen atoms in total. The van der Waals surface area contributed by atoms with E-state index < -0.39 is 0 Å². The van der Waals surface area contributed by atoms with Crippen LogP contribution in [-0.2, 0) is 4.79 Å². The third kappa shape index (κ3) is 33.6. The van der Waals surface area contributed by atoms with Crippen molar-refractivity contribution >= 4 is 5.91 Å². The summed E-state index contributed by atoms with van der Waals surface area (Å²) in [5.41, 5.74) is 0. The Bertz CT molecular complexity index is 485. The summed E-state index contributed by atoms with van der Waals surface area (Å²) in [4.78, 5) is 12.0. The van der Waals surface area contributed by atoms with Gasteiger partial charge in [-0.15, -0.1) is 0 Å². The van der Waals surface area contributed by atoms with E-state index in [0.717, 1.165) is 32.2 Å². The standard InChI is InChI=1S/C36H73NO3/c1-2-3-4-5-6-7-8-9-10-13-16-19-22-25-28-31-36(40)37-33-29-26-23-20-17-14-11-12-15-18-21-24-27-30-35(39)32-34-38/h35,38-39H,2-34H2,1H3,(H,37,40). The second-order valence-electron chi connectivity index (χ2n) is 12.6. The van der Waals surface area contributed by atoms with Crippen molar-refractivity contribution in [2.75, 3.05) is 13.2 Å². The van der Waals surface area contributed by atoms with Crippen LogP contribution in [0.4, 0.5) is 0 Å². The number of hydrogen-bond donors (Lipinski definition) is 3. The summed E-state index contributed by atoms with van der Waals surface area (Å²) in [6, 6.07) is 0. The van der Waals surface area contributed by atoms with Crippen LogP contribution >= 0.6 is 0 Å². The predicted molar refractivity (Wildman–Crippen MR) is 175 cm³/mol. The van der Waals surface area contributed by atoms with Crippen LogP contribution in [0.15, 0.2) is 0 Å². The van der Waals surface area contributed by atoms with Crippen molar-refractivity contribution < 1.29 is 15.0 Å². The highest BCUT2D eigenvalue weighted by atomic mass is 16.3. The van der Waals surface area contributed by atoms with Crippen LogP contribution in [0.3, 0.4) is 0 Å². The van der Waals surface area contributed by atoms with Crippen LogP contribution in [0.2, 0.25) is 0 Å². The highest BCUT2D eigenvalue weighted by Crippen LogP contribution is 2.15. The molecule has 0 bridgehead atoms. The molecule has 4 heteroatoms. The summed E-state index contributed by atoms with van der Waals surface area (Å²) in [6.07, 6.45) is 39.0. The lowest BCUT2D eigenvalue weighted by molar-refractivity contribution is -0.121. The highest BCUT2D eigenvalue weighted by Gasteiger charge is 2.03. The maximum absolute atomic E-state index is 12.0. The van der Waals surface area contributed by atoms with Gasteiger partial charge < -0.3 is 15.5 Å². The van der Waals surface area contributed by atoms with Crippen LogP contribution in [-0.4, -0.2) is 35.4 Å². The summed E-state index contributed by atoms with van der Waals surface area (Å²) in [5, 5.41) is 21.5. The molecule has 0 saturated heterocycles. The maximum Gasteiger partial charge on any atom is 0.219 e. The van der Waals surface area contributed by atoms with Crippen LogP contribution < -0.4 is 5.32 Å². The van der Waals surface area contributed by atoms with Gasteiger partial charge in [0.25, 0.3) is 0 Å². The Kier molecular flexibility index (Phi) is 34.1. The van der Waals surface area contributed by atoms with Crippen molar-refractivity contribution in [2.24, 2.45) is 0 Å². The largest absolute Gasteiger partial charge is 0.396 e. The quantitative estimate of drug-likeness (QED) is 0.0677. The van der Waals surface area contributed by atoms with Crippen LogP contribution in [0, 0.1) is 0 Å². The fraction of sp³-hybridized carbons (Fsp3) is 0.972. The van der Waals surface area contributed by atoms with Crippen molar-refractivity contribution in [3.63, 3.8) is 0 Å². The number of rotatable bonds is 34. The molecule has 1 atom stereocenters. The van der Waals surface area contributed by atoms with Crippen LogP contribution in [0.25, 0.3) is 0 Å². The Morgan fingerprint density at radius 2 is 0.850 bits per heavy atom. The minimum Gasteiger partial charge on any atom is -0.396 e. The van der Waals surface area contributed by atoms with E-state index in [2.05, 4.69) is 12.2 Å². The molecule has 0 aliphatic rings. The Morgan fingerprint density at radius 3 is 1.25 bits per heavy atom. The number of aliphatic hydroxyl groups excluding tert-OH is 2. The average molecular weight is 568 g/mol. The number of aliphatic hydroxyl groups is 2. The van der Waals surface area contributed by atoms with E-state index in [4.69, 9.17) is 5.11 Å². The van der Waals surface area contributed by atoms with E-state index in [1.165, 1.54) is 161 Å². The van der Waals surface area contributed by atoms with Crippen LogP contribution in [0.1, 0.15) is 206 Å². The molecule has 1 amide bonds. The van der Waals surface area contributed by atoms with Gasteiger partial charge in [0.2, 0.25) is 5.91 Å². The molecule has 0 spiro atoms. The van der Waals surface area contributed by atoms with Crippen molar-refractivity contribution in [3.8, 4) is 0 Å². The zero-order chi connectivity index (χ0) is 29.2. The second kappa shape index (κ2) is 34.6. The smallest absolute Gasteiger partial charge is 0.219 e. The lowest BCUT2D eigenvalue weighted by Crippen LogP contribution is -2.23. The number of nitrogens with one attached hydrogen (secondary N) is 1. The lowest BCUT2D eigenvalue weighted by Gasteiger charge is -2.08. The van der Waals surface area contributed by atoms with Gasteiger partial charge in [0.05, 0.1) is 6.10 Å². The third-order valence-electron chi connectivity index (χ3n) is 8.51. The van der Waals surface area contributed by atoms with E-state index in [1.807, 2.05) is 0 Å². The number of amides is 1. The molecular formula is C36H73NO3. The van der Waals surface area contributed by atoms with Crippen molar-refractivity contribution in [3.05, 3.63) is 0 Å². The summed E-state index contributed by atoms with van der Waals surface area (Å²) >= 11 is 0. The first-order valence-corrected chi connectivity index (χ1v) is 18.3. The minimum atomic E-state index is -0.308. The van der Waals surface area contributed by atoms with E-state index in [1.54, 1.807) is 0 Å². The monoisotopic (exact) mass is 568 g/mol. The van der Waals surface area contributed by atoms with Crippen molar-refractivity contribution in [1.29, 1.82) is 0 Å². The van der Waals surface area contributed by atoms with E-state index in [9.17, 15) is 9.90 Å². The Labute approximate surface area is 251 Å². The van der Waals surface area contributed by atoms with Gasteiger partial charge in [0.1, 0.15) is 0 Å². The number of carbonyl (C=O) groups excluding carboxylic acids is 1. The molecular weight excluding hydrogens is 494 g/mol. The molecule has 240 valence electrons. The number of carbonyl (C=O) groups is 1. The maximum atomic E-state index is 12.0.